The smallest absolute Gasteiger partial charge is 0.182 e. The van der Waals surface area contributed by atoms with Crippen LogP contribution < -0.4 is 0 Å². The number of fused-ring (bicyclic) bond motifs is 2. The molecule has 0 aliphatic carbocycles. The van der Waals surface area contributed by atoms with Gasteiger partial charge in [-0.3, -0.25) is 0 Å². The van der Waals surface area contributed by atoms with Crippen LogP contribution >= 0.6 is 0 Å². The lowest BCUT2D eigenvalue weighted by Gasteiger charge is -2.30. The number of nitrogens with zero attached hydrogens (tertiary/aromatic N) is 4. The first kappa shape index (κ1) is 12.5. The molecule has 0 unspecified atom stereocenters. The van der Waals surface area contributed by atoms with Crippen molar-refractivity contribution in [2.75, 3.05) is 0 Å². The fraction of sp³-hybridized carbons (Fsp3) is 0.353. The van der Waals surface area contributed by atoms with Crippen molar-refractivity contribution >= 4 is 10.9 Å². The van der Waals surface area contributed by atoms with Crippen LogP contribution in [0.4, 0.5) is 0 Å². The van der Waals surface area contributed by atoms with Gasteiger partial charge < -0.3 is 4.57 Å². The van der Waals surface area contributed by atoms with E-state index >= 15 is 0 Å². The van der Waals surface area contributed by atoms with Crippen molar-refractivity contribution in [2.45, 2.75) is 33.2 Å². The van der Waals surface area contributed by atoms with Gasteiger partial charge >= 0.3 is 0 Å². The molecule has 2 aromatic heterocycles. The molecule has 0 fully saturated rings. The second-order valence-electron chi connectivity index (χ2n) is 6.58. The summed E-state index contributed by atoms with van der Waals surface area (Å²) in [5.74, 6) is 1.97. The van der Waals surface area contributed by atoms with E-state index in [4.69, 9.17) is 4.98 Å². The third kappa shape index (κ3) is 2.11. The van der Waals surface area contributed by atoms with E-state index in [2.05, 4.69) is 40.7 Å². The molecule has 0 radical (unpaired) electrons. The number of para-hydroxylation sites is 1. The lowest BCUT2D eigenvalue weighted by atomic mass is 9.85. The van der Waals surface area contributed by atoms with Gasteiger partial charge in [0.05, 0.1) is 5.52 Å². The average Bonchev–Trinajstić information content (AvgIpc) is 2.88. The molecule has 0 bridgehead atoms. The minimum Gasteiger partial charge on any atom is -0.309 e. The van der Waals surface area contributed by atoms with Gasteiger partial charge in [0, 0.05) is 18.4 Å². The summed E-state index contributed by atoms with van der Waals surface area (Å²) >= 11 is 0. The van der Waals surface area contributed by atoms with Crippen molar-refractivity contribution in [3.05, 3.63) is 42.2 Å². The Morgan fingerprint density at radius 3 is 2.81 bits per heavy atom. The lowest BCUT2D eigenvalue weighted by Crippen LogP contribution is -2.27. The Morgan fingerprint density at radius 1 is 1.05 bits per heavy atom. The van der Waals surface area contributed by atoms with Crippen molar-refractivity contribution < 1.29 is 0 Å². The van der Waals surface area contributed by atoms with Crippen LogP contribution in [0, 0.1) is 5.41 Å². The summed E-state index contributed by atoms with van der Waals surface area (Å²) in [6.07, 6.45) is 2.16. The average molecular weight is 278 g/mol. The monoisotopic (exact) mass is 278 g/mol. The number of hydrogen-bond donors (Lipinski definition) is 0. The molecule has 1 aromatic carbocycles. The van der Waals surface area contributed by atoms with Crippen LogP contribution in [-0.4, -0.2) is 19.7 Å². The number of benzene rings is 1. The fourth-order valence-electron chi connectivity index (χ4n) is 3.02. The zero-order valence-corrected chi connectivity index (χ0v) is 12.4. The van der Waals surface area contributed by atoms with Gasteiger partial charge in [0.25, 0.3) is 0 Å². The molecule has 0 saturated heterocycles. The van der Waals surface area contributed by atoms with Gasteiger partial charge in [-0.2, -0.15) is 0 Å². The van der Waals surface area contributed by atoms with Crippen molar-refractivity contribution in [2.24, 2.45) is 5.41 Å². The first-order valence-corrected chi connectivity index (χ1v) is 7.41. The molecule has 4 heteroatoms. The molecular formula is C17H18N4. The molecular weight excluding hydrogens is 260 g/mol. The molecule has 1 aliphatic heterocycles. The van der Waals surface area contributed by atoms with Crippen LogP contribution in [0.1, 0.15) is 26.1 Å². The molecule has 0 amide bonds. The molecule has 21 heavy (non-hydrogen) atoms. The lowest BCUT2D eigenvalue weighted by molar-refractivity contribution is 0.248. The molecule has 4 nitrogen and oxygen atoms in total. The molecule has 0 N–H and O–H groups in total. The maximum Gasteiger partial charge on any atom is 0.182 e. The summed E-state index contributed by atoms with van der Waals surface area (Å²) in [4.78, 5) is 4.75. The van der Waals surface area contributed by atoms with Crippen molar-refractivity contribution in [1.82, 2.24) is 19.7 Å². The number of hydrogen-bond acceptors (Lipinski definition) is 3. The summed E-state index contributed by atoms with van der Waals surface area (Å²) in [6.45, 7) is 5.56. The maximum atomic E-state index is 4.75. The summed E-state index contributed by atoms with van der Waals surface area (Å²) in [7, 11) is 0. The van der Waals surface area contributed by atoms with Crippen LogP contribution in [0.25, 0.3) is 22.4 Å². The fourth-order valence-corrected chi connectivity index (χ4v) is 3.02. The summed E-state index contributed by atoms with van der Waals surface area (Å²) in [5, 5.41) is 9.90. The first-order valence-electron chi connectivity index (χ1n) is 7.41. The van der Waals surface area contributed by atoms with Crippen molar-refractivity contribution in [3.8, 4) is 11.5 Å². The number of aryl methyl sites for hydroxylation is 1. The van der Waals surface area contributed by atoms with E-state index in [1.807, 2.05) is 24.3 Å². The number of aromatic nitrogens is 4. The van der Waals surface area contributed by atoms with Crippen LogP contribution in [0.2, 0.25) is 0 Å². The molecule has 3 heterocycles. The highest BCUT2D eigenvalue weighted by Gasteiger charge is 2.29. The summed E-state index contributed by atoms with van der Waals surface area (Å²) in [6, 6.07) is 12.3. The largest absolute Gasteiger partial charge is 0.309 e. The predicted octanol–water partition coefficient (Wildman–Crippen LogP) is 3.47. The van der Waals surface area contributed by atoms with Gasteiger partial charge in [0.2, 0.25) is 0 Å². The molecule has 0 saturated carbocycles. The zero-order chi connectivity index (χ0) is 14.4. The molecule has 3 aromatic rings. The maximum absolute atomic E-state index is 4.75. The Labute approximate surface area is 123 Å². The van der Waals surface area contributed by atoms with E-state index in [9.17, 15) is 0 Å². The van der Waals surface area contributed by atoms with Gasteiger partial charge in [0.1, 0.15) is 11.5 Å². The standard InChI is InChI=1S/C17H18N4/c1-17(2)10-9-15-19-20-16(21(15)11-17)14-8-7-12-5-3-4-6-13(12)18-14/h3-8H,9-11H2,1-2H3. The van der Waals surface area contributed by atoms with Crippen LogP contribution in [0.5, 0.6) is 0 Å². The predicted molar refractivity (Wildman–Crippen MR) is 82.9 cm³/mol. The third-order valence-electron chi connectivity index (χ3n) is 4.27. The molecule has 106 valence electrons. The Hall–Kier alpha value is -2.23. The minimum absolute atomic E-state index is 0.293. The number of rotatable bonds is 1. The van der Waals surface area contributed by atoms with Crippen molar-refractivity contribution in [3.63, 3.8) is 0 Å². The highest BCUT2D eigenvalue weighted by Crippen LogP contribution is 2.32. The van der Waals surface area contributed by atoms with Gasteiger partial charge in [-0.25, -0.2) is 4.98 Å². The molecule has 0 spiro atoms. The highest BCUT2D eigenvalue weighted by molar-refractivity contribution is 5.80. The van der Waals surface area contributed by atoms with E-state index in [0.717, 1.165) is 47.6 Å². The van der Waals surface area contributed by atoms with E-state index in [0.29, 0.717) is 5.41 Å². The summed E-state index contributed by atoms with van der Waals surface area (Å²) < 4.78 is 2.24. The van der Waals surface area contributed by atoms with Gasteiger partial charge in [-0.15, -0.1) is 10.2 Å². The zero-order valence-electron chi connectivity index (χ0n) is 12.4. The van der Waals surface area contributed by atoms with Crippen LogP contribution in [0.3, 0.4) is 0 Å². The van der Waals surface area contributed by atoms with Crippen LogP contribution in [-0.2, 0) is 13.0 Å². The minimum atomic E-state index is 0.293. The quantitative estimate of drug-likeness (QED) is 0.684. The molecule has 1 aliphatic rings. The van der Waals surface area contributed by atoms with Gasteiger partial charge in [-0.1, -0.05) is 38.1 Å². The van der Waals surface area contributed by atoms with Crippen molar-refractivity contribution in [1.29, 1.82) is 0 Å². The normalized spacial score (nSPS) is 16.9. The van der Waals surface area contributed by atoms with E-state index < -0.39 is 0 Å². The van der Waals surface area contributed by atoms with Gasteiger partial charge in [0.15, 0.2) is 5.82 Å². The Morgan fingerprint density at radius 2 is 1.90 bits per heavy atom. The van der Waals surface area contributed by atoms with E-state index in [-0.39, 0.29) is 0 Å². The van der Waals surface area contributed by atoms with E-state index in [1.165, 1.54) is 0 Å². The third-order valence-corrected chi connectivity index (χ3v) is 4.27. The Balaban J connectivity index is 1.84. The summed E-state index contributed by atoms with van der Waals surface area (Å²) in [5.41, 5.74) is 2.20. The Bertz CT molecular complexity index is 817. The second-order valence-corrected chi connectivity index (χ2v) is 6.58. The first-order chi connectivity index (χ1) is 10.1. The topological polar surface area (TPSA) is 43.6 Å². The second kappa shape index (κ2) is 4.38. The van der Waals surface area contributed by atoms with Gasteiger partial charge in [-0.05, 0) is 24.0 Å². The number of pyridine rings is 1. The SMILES string of the molecule is CC1(C)CCc2nnc(-c3ccc4ccccc4n3)n2C1. The molecule has 0 atom stereocenters. The van der Waals surface area contributed by atoms with E-state index in [1.54, 1.807) is 0 Å². The molecule has 4 rings (SSSR count). The Kier molecular flexibility index (Phi) is 2.61. The highest BCUT2D eigenvalue weighted by atomic mass is 15.3. The van der Waals surface area contributed by atoms with Crippen LogP contribution in [0.15, 0.2) is 36.4 Å².